The number of hydrogen-bond acceptors (Lipinski definition) is 6. The normalized spacial score (nSPS) is 10.9. The molecule has 3 rings (SSSR count). The topological polar surface area (TPSA) is 82.1 Å². The van der Waals surface area contributed by atoms with Crippen LogP contribution < -0.4 is 13.8 Å². The second kappa shape index (κ2) is 9.48. The lowest BCUT2D eigenvalue weighted by Gasteiger charge is -2.23. The van der Waals surface area contributed by atoms with E-state index in [2.05, 4.69) is 4.74 Å². The molecule has 0 heterocycles. The predicted molar refractivity (Wildman–Crippen MR) is 112 cm³/mol. The molecule has 0 unspecified atom stereocenters. The lowest BCUT2D eigenvalue weighted by Crippen LogP contribution is -2.36. The lowest BCUT2D eigenvalue weighted by atomic mass is 10.3. The van der Waals surface area contributed by atoms with Crippen molar-refractivity contribution >= 4 is 21.7 Å². The number of anilines is 1. The van der Waals surface area contributed by atoms with Crippen LogP contribution in [0.3, 0.4) is 0 Å². The average Bonchev–Trinajstić information content (AvgIpc) is 2.78. The van der Waals surface area contributed by atoms with Gasteiger partial charge in [0.25, 0.3) is 10.0 Å². The van der Waals surface area contributed by atoms with E-state index in [4.69, 9.17) is 9.47 Å². The summed E-state index contributed by atoms with van der Waals surface area (Å²) in [6, 6.07) is 18.4. The Morgan fingerprint density at radius 2 is 1.58 bits per heavy atom. The molecular weight excluding hydrogens is 425 g/mol. The number of esters is 1. The first-order valence-electron chi connectivity index (χ1n) is 9.11. The highest BCUT2D eigenvalue weighted by molar-refractivity contribution is 7.92. The zero-order valence-corrected chi connectivity index (χ0v) is 17.6. The van der Waals surface area contributed by atoms with E-state index in [1.165, 1.54) is 31.4 Å². The van der Waals surface area contributed by atoms with Crippen LogP contribution in [0.25, 0.3) is 0 Å². The first-order chi connectivity index (χ1) is 14.8. The number of halogens is 1. The van der Waals surface area contributed by atoms with Crippen LogP contribution in [-0.2, 0) is 19.6 Å². The van der Waals surface area contributed by atoms with Crippen LogP contribution in [0.15, 0.2) is 77.7 Å². The zero-order chi connectivity index (χ0) is 22.4. The quantitative estimate of drug-likeness (QED) is 0.488. The van der Waals surface area contributed by atoms with Crippen LogP contribution in [-0.4, -0.2) is 35.2 Å². The summed E-state index contributed by atoms with van der Waals surface area (Å²) < 4.78 is 56.5. The molecule has 7 nitrogen and oxygen atoms in total. The third-order valence-electron chi connectivity index (χ3n) is 4.32. The van der Waals surface area contributed by atoms with Gasteiger partial charge in [0.05, 0.1) is 24.8 Å². The number of carbonyl (C=O) groups excluding carboxylic acids is 1. The van der Waals surface area contributed by atoms with Gasteiger partial charge in [-0.05, 0) is 54.6 Å². The van der Waals surface area contributed by atoms with Gasteiger partial charge in [0.2, 0.25) is 0 Å². The van der Waals surface area contributed by atoms with Crippen molar-refractivity contribution in [2.45, 2.75) is 4.90 Å². The van der Waals surface area contributed by atoms with E-state index >= 15 is 0 Å². The van der Waals surface area contributed by atoms with Gasteiger partial charge in [0, 0.05) is 0 Å². The summed E-state index contributed by atoms with van der Waals surface area (Å²) in [6.45, 7) is -0.592. The Morgan fingerprint density at radius 1 is 0.935 bits per heavy atom. The number of rotatable bonds is 8. The third kappa shape index (κ3) is 5.13. The molecule has 0 atom stereocenters. The predicted octanol–water partition coefficient (Wildman–Crippen LogP) is 3.99. The van der Waals surface area contributed by atoms with Gasteiger partial charge in [0.15, 0.2) is 11.6 Å². The van der Waals surface area contributed by atoms with Crippen LogP contribution >= 0.6 is 0 Å². The van der Waals surface area contributed by atoms with Crippen molar-refractivity contribution in [2.24, 2.45) is 0 Å². The molecule has 0 fully saturated rings. The summed E-state index contributed by atoms with van der Waals surface area (Å²) >= 11 is 0. The van der Waals surface area contributed by atoms with Gasteiger partial charge in [-0.2, -0.15) is 0 Å². The van der Waals surface area contributed by atoms with Crippen molar-refractivity contribution in [3.63, 3.8) is 0 Å². The summed E-state index contributed by atoms with van der Waals surface area (Å²) in [7, 11) is -1.86. The molecule has 3 aromatic rings. The number of benzene rings is 3. The molecule has 3 aromatic carbocycles. The molecule has 0 bridgehead atoms. The summed E-state index contributed by atoms with van der Waals surface area (Å²) in [6.07, 6.45) is 0. The summed E-state index contributed by atoms with van der Waals surface area (Å²) in [5.41, 5.74) is 0.182. The van der Waals surface area contributed by atoms with Crippen LogP contribution in [0.4, 0.5) is 10.1 Å². The number of para-hydroxylation sites is 1. The molecule has 162 valence electrons. The van der Waals surface area contributed by atoms with Crippen LogP contribution in [0.5, 0.6) is 17.2 Å². The van der Waals surface area contributed by atoms with Gasteiger partial charge in [-0.25, -0.2) is 12.8 Å². The molecule has 31 heavy (non-hydrogen) atoms. The van der Waals surface area contributed by atoms with Crippen molar-refractivity contribution < 1.29 is 31.8 Å². The fourth-order valence-electron chi connectivity index (χ4n) is 2.74. The first kappa shape index (κ1) is 22.1. The number of hydrogen-bond donors (Lipinski definition) is 0. The van der Waals surface area contributed by atoms with Crippen molar-refractivity contribution in [2.75, 3.05) is 25.1 Å². The smallest absolute Gasteiger partial charge is 0.326 e. The molecule has 0 saturated heterocycles. The molecule has 0 saturated carbocycles. The standard InChI is InChI=1S/C22H20FNO6S/c1-28-21-13-12-19(14-20(21)23)31(26,27)24(15-22(25)29-2)16-8-10-18(11-9-16)30-17-6-4-3-5-7-17/h3-14H,15H2,1-2H3. The Balaban J connectivity index is 1.95. The fourth-order valence-corrected chi connectivity index (χ4v) is 4.16. The van der Waals surface area contributed by atoms with Crippen LogP contribution in [0, 0.1) is 5.82 Å². The monoisotopic (exact) mass is 445 g/mol. The first-order valence-corrected chi connectivity index (χ1v) is 10.5. The molecule has 9 heteroatoms. The van der Waals surface area contributed by atoms with Crippen molar-refractivity contribution in [1.29, 1.82) is 0 Å². The van der Waals surface area contributed by atoms with Crippen molar-refractivity contribution in [3.8, 4) is 17.2 Å². The van der Waals surface area contributed by atoms with E-state index in [0.717, 1.165) is 17.5 Å². The maximum absolute atomic E-state index is 14.1. The number of sulfonamides is 1. The minimum atomic E-state index is -4.28. The number of methoxy groups -OCH3 is 2. The Morgan fingerprint density at radius 3 is 2.16 bits per heavy atom. The molecule has 0 aliphatic heterocycles. The fraction of sp³-hybridized carbons (Fsp3) is 0.136. The Labute approximate surface area is 179 Å². The average molecular weight is 445 g/mol. The van der Waals surface area contributed by atoms with E-state index in [9.17, 15) is 17.6 Å². The molecule has 0 spiro atoms. The minimum absolute atomic E-state index is 0.0964. The van der Waals surface area contributed by atoms with Gasteiger partial charge in [-0.15, -0.1) is 0 Å². The second-order valence-electron chi connectivity index (χ2n) is 6.29. The van der Waals surface area contributed by atoms with Crippen LogP contribution in [0.1, 0.15) is 0 Å². The van der Waals surface area contributed by atoms with Crippen molar-refractivity contribution in [1.82, 2.24) is 0 Å². The van der Waals surface area contributed by atoms with Gasteiger partial charge >= 0.3 is 5.97 Å². The van der Waals surface area contributed by atoms with Gasteiger partial charge in [-0.1, -0.05) is 18.2 Å². The molecule has 0 N–H and O–H groups in total. The van der Waals surface area contributed by atoms with Gasteiger partial charge in [-0.3, -0.25) is 9.10 Å². The Kier molecular flexibility index (Phi) is 6.76. The van der Waals surface area contributed by atoms with E-state index in [1.807, 2.05) is 18.2 Å². The van der Waals surface area contributed by atoms with Gasteiger partial charge in [0.1, 0.15) is 18.0 Å². The van der Waals surface area contributed by atoms with Crippen LogP contribution in [0.2, 0.25) is 0 Å². The molecule has 0 aliphatic carbocycles. The van der Waals surface area contributed by atoms with E-state index in [-0.39, 0.29) is 16.3 Å². The second-order valence-corrected chi connectivity index (χ2v) is 8.16. The molecule has 0 amide bonds. The maximum atomic E-state index is 14.1. The number of ether oxygens (including phenoxy) is 3. The van der Waals surface area contributed by atoms with E-state index in [0.29, 0.717) is 11.5 Å². The minimum Gasteiger partial charge on any atom is -0.494 e. The summed E-state index contributed by atoms with van der Waals surface area (Å²) in [4.78, 5) is 11.6. The molecule has 0 radical (unpaired) electrons. The lowest BCUT2D eigenvalue weighted by molar-refractivity contribution is -0.138. The number of carbonyl (C=O) groups is 1. The SMILES string of the molecule is COC(=O)CN(c1ccc(Oc2ccccc2)cc1)S(=O)(=O)c1ccc(OC)c(F)c1. The Hall–Kier alpha value is -3.59. The van der Waals surface area contributed by atoms with E-state index < -0.39 is 28.4 Å². The van der Waals surface area contributed by atoms with E-state index in [1.54, 1.807) is 24.3 Å². The van der Waals surface area contributed by atoms with Crippen molar-refractivity contribution in [3.05, 3.63) is 78.6 Å². The molecular formula is C22H20FNO6S. The number of nitrogens with zero attached hydrogens (tertiary/aromatic N) is 1. The van der Waals surface area contributed by atoms with Gasteiger partial charge < -0.3 is 14.2 Å². The molecule has 0 aliphatic rings. The zero-order valence-electron chi connectivity index (χ0n) is 16.8. The third-order valence-corrected chi connectivity index (χ3v) is 6.09. The molecule has 0 aromatic heterocycles. The highest BCUT2D eigenvalue weighted by atomic mass is 32.2. The summed E-state index contributed by atoms with van der Waals surface area (Å²) in [5.74, 6) is -0.625. The Bertz CT molecular complexity index is 1150. The largest absolute Gasteiger partial charge is 0.494 e. The summed E-state index contributed by atoms with van der Waals surface area (Å²) in [5, 5.41) is 0. The highest BCUT2D eigenvalue weighted by Crippen LogP contribution is 2.29. The maximum Gasteiger partial charge on any atom is 0.326 e. The highest BCUT2D eigenvalue weighted by Gasteiger charge is 2.28.